The summed E-state index contributed by atoms with van der Waals surface area (Å²) in [4.78, 5) is 2.48. The van der Waals surface area contributed by atoms with Gasteiger partial charge in [-0.05, 0) is 43.1 Å². The lowest BCUT2D eigenvalue weighted by atomic mass is 9.95. The largest absolute Gasteiger partial charge is 0.492 e. The highest BCUT2D eigenvalue weighted by Crippen LogP contribution is 2.26. The number of nitrogens with zero attached hydrogens (tertiary/aromatic N) is 4. The van der Waals surface area contributed by atoms with Crippen LogP contribution in [0.4, 0.5) is 0 Å². The molecular weight excluding hydrogens is 300 g/mol. The van der Waals surface area contributed by atoms with Gasteiger partial charge in [-0.15, -0.1) is 0 Å². The lowest BCUT2D eigenvalue weighted by molar-refractivity contribution is 0.168. The summed E-state index contributed by atoms with van der Waals surface area (Å²) in [6, 6.07) is 12.1. The molecule has 2 aromatic rings. The molecule has 126 valence electrons. The van der Waals surface area contributed by atoms with E-state index in [0.29, 0.717) is 18.9 Å². The van der Waals surface area contributed by atoms with E-state index in [9.17, 15) is 0 Å². The summed E-state index contributed by atoms with van der Waals surface area (Å²) in [6.07, 6.45) is 4.78. The Morgan fingerprint density at radius 1 is 1.29 bits per heavy atom. The van der Waals surface area contributed by atoms with E-state index in [1.807, 2.05) is 42.2 Å². The third-order valence-electron chi connectivity index (χ3n) is 4.67. The van der Waals surface area contributed by atoms with Crippen LogP contribution in [0.3, 0.4) is 0 Å². The molecule has 0 bridgehead atoms. The molecule has 1 atom stereocenters. The fourth-order valence-electron chi connectivity index (χ4n) is 3.37. The molecule has 0 amide bonds. The molecule has 0 radical (unpaired) electrons. The molecule has 5 heteroatoms. The first-order chi connectivity index (χ1) is 11.8. The van der Waals surface area contributed by atoms with Crippen LogP contribution in [0.5, 0.6) is 5.75 Å². The number of rotatable bonds is 6. The van der Waals surface area contributed by atoms with E-state index >= 15 is 0 Å². The first-order valence-corrected chi connectivity index (χ1v) is 8.55. The normalized spacial score (nSPS) is 18.2. The van der Waals surface area contributed by atoms with E-state index in [-0.39, 0.29) is 0 Å². The molecule has 1 aliphatic rings. The Hall–Kier alpha value is -2.32. The Morgan fingerprint density at radius 2 is 2.12 bits per heavy atom. The van der Waals surface area contributed by atoms with Gasteiger partial charge in [0.1, 0.15) is 12.4 Å². The highest BCUT2D eigenvalue weighted by atomic mass is 16.5. The second kappa shape index (κ2) is 7.98. The number of benzene rings is 1. The molecule has 5 nitrogen and oxygen atoms in total. The highest BCUT2D eigenvalue weighted by molar-refractivity contribution is 5.28. The van der Waals surface area contributed by atoms with Crippen molar-refractivity contribution in [2.24, 2.45) is 7.05 Å². The van der Waals surface area contributed by atoms with Crippen LogP contribution in [0.2, 0.25) is 0 Å². The van der Waals surface area contributed by atoms with Crippen molar-refractivity contribution in [3.05, 3.63) is 47.8 Å². The van der Waals surface area contributed by atoms with Crippen LogP contribution in [0, 0.1) is 11.3 Å². The first-order valence-electron chi connectivity index (χ1n) is 8.55. The Labute approximate surface area is 143 Å². The molecule has 0 aliphatic carbocycles. The van der Waals surface area contributed by atoms with E-state index in [0.717, 1.165) is 30.9 Å². The zero-order chi connectivity index (χ0) is 16.8. The number of piperidine rings is 1. The third-order valence-corrected chi connectivity index (χ3v) is 4.67. The standard InChI is InChI=1S/C19H24N4O/c1-22-19(9-11-21-22)17-3-2-12-23(15-17)13-14-24-18-6-4-16(5-7-18)8-10-20/h4-7,9,11,17H,2-3,8,12-15H2,1H3/t17-/m1/s1. The second-order valence-corrected chi connectivity index (χ2v) is 6.35. The van der Waals surface area contributed by atoms with Crippen LogP contribution in [0.15, 0.2) is 36.5 Å². The minimum absolute atomic E-state index is 0.448. The van der Waals surface area contributed by atoms with Gasteiger partial charge < -0.3 is 4.74 Å². The van der Waals surface area contributed by atoms with Crippen LogP contribution >= 0.6 is 0 Å². The quantitative estimate of drug-likeness (QED) is 0.820. The topological polar surface area (TPSA) is 54.1 Å². The van der Waals surface area contributed by atoms with Crippen molar-refractivity contribution in [2.75, 3.05) is 26.2 Å². The lowest BCUT2D eigenvalue weighted by Crippen LogP contribution is -2.37. The molecule has 3 rings (SSSR count). The van der Waals surface area contributed by atoms with Crippen LogP contribution in [0.1, 0.15) is 30.0 Å². The summed E-state index contributed by atoms with van der Waals surface area (Å²) in [5.41, 5.74) is 2.36. The van der Waals surface area contributed by atoms with Gasteiger partial charge in [0.05, 0.1) is 12.5 Å². The van der Waals surface area contributed by atoms with Crippen molar-refractivity contribution in [1.82, 2.24) is 14.7 Å². The second-order valence-electron chi connectivity index (χ2n) is 6.35. The monoisotopic (exact) mass is 324 g/mol. The van der Waals surface area contributed by atoms with Gasteiger partial charge in [-0.3, -0.25) is 9.58 Å². The number of hydrogen-bond donors (Lipinski definition) is 0. The van der Waals surface area contributed by atoms with Gasteiger partial charge in [0.2, 0.25) is 0 Å². The Bertz CT molecular complexity index is 686. The maximum absolute atomic E-state index is 8.69. The molecule has 1 aromatic heterocycles. The summed E-state index contributed by atoms with van der Waals surface area (Å²) in [5, 5.41) is 13.0. The molecule has 1 saturated heterocycles. The molecular formula is C19H24N4O. The van der Waals surface area contributed by atoms with E-state index < -0.39 is 0 Å². The Balaban J connectivity index is 1.46. The average molecular weight is 324 g/mol. The van der Waals surface area contributed by atoms with Crippen molar-refractivity contribution in [1.29, 1.82) is 5.26 Å². The summed E-state index contributed by atoms with van der Waals surface area (Å²) in [5.74, 6) is 1.44. The van der Waals surface area contributed by atoms with Crippen LogP contribution in [0.25, 0.3) is 0 Å². The maximum Gasteiger partial charge on any atom is 0.119 e. The minimum Gasteiger partial charge on any atom is -0.492 e. The SMILES string of the molecule is Cn1nccc1[C@@H]1CCCN(CCOc2ccc(CC#N)cc2)C1. The highest BCUT2D eigenvalue weighted by Gasteiger charge is 2.23. The van der Waals surface area contributed by atoms with Gasteiger partial charge in [-0.1, -0.05) is 12.1 Å². The molecule has 0 spiro atoms. The summed E-state index contributed by atoms with van der Waals surface area (Å²) >= 11 is 0. The average Bonchev–Trinajstić information content (AvgIpc) is 3.03. The van der Waals surface area contributed by atoms with E-state index in [2.05, 4.69) is 22.1 Å². The van der Waals surface area contributed by atoms with Crippen molar-refractivity contribution in [3.63, 3.8) is 0 Å². The van der Waals surface area contributed by atoms with Gasteiger partial charge >= 0.3 is 0 Å². The van der Waals surface area contributed by atoms with E-state index in [1.165, 1.54) is 18.5 Å². The van der Waals surface area contributed by atoms with Crippen molar-refractivity contribution in [3.8, 4) is 11.8 Å². The minimum atomic E-state index is 0.448. The predicted molar refractivity (Wildman–Crippen MR) is 92.9 cm³/mol. The smallest absolute Gasteiger partial charge is 0.119 e. The molecule has 0 N–H and O–H groups in total. The van der Waals surface area contributed by atoms with Crippen molar-refractivity contribution >= 4 is 0 Å². The number of aromatic nitrogens is 2. The van der Waals surface area contributed by atoms with Gasteiger partial charge in [0.15, 0.2) is 0 Å². The van der Waals surface area contributed by atoms with Gasteiger partial charge in [0, 0.05) is 37.9 Å². The molecule has 24 heavy (non-hydrogen) atoms. The number of nitriles is 1. The zero-order valence-corrected chi connectivity index (χ0v) is 14.2. The first kappa shape index (κ1) is 16.5. The van der Waals surface area contributed by atoms with Gasteiger partial charge in [0.25, 0.3) is 0 Å². The molecule has 1 aliphatic heterocycles. The van der Waals surface area contributed by atoms with E-state index in [4.69, 9.17) is 10.00 Å². The molecule has 0 saturated carbocycles. The summed E-state index contributed by atoms with van der Waals surface area (Å²) in [6.45, 7) is 3.84. The van der Waals surface area contributed by atoms with Crippen LogP contribution < -0.4 is 4.74 Å². The predicted octanol–water partition coefficient (Wildman–Crippen LogP) is 2.74. The van der Waals surface area contributed by atoms with E-state index in [1.54, 1.807) is 0 Å². The van der Waals surface area contributed by atoms with Crippen LogP contribution in [-0.2, 0) is 13.5 Å². The fraction of sp³-hybridized carbons (Fsp3) is 0.474. The molecule has 1 fully saturated rings. The third kappa shape index (κ3) is 4.15. The lowest BCUT2D eigenvalue weighted by Gasteiger charge is -2.32. The van der Waals surface area contributed by atoms with Gasteiger partial charge in [-0.2, -0.15) is 10.4 Å². The Morgan fingerprint density at radius 3 is 2.83 bits per heavy atom. The van der Waals surface area contributed by atoms with Crippen LogP contribution in [-0.4, -0.2) is 40.9 Å². The number of likely N-dealkylation sites (tertiary alicyclic amines) is 1. The Kier molecular flexibility index (Phi) is 5.50. The molecule has 2 heterocycles. The van der Waals surface area contributed by atoms with Gasteiger partial charge in [-0.25, -0.2) is 0 Å². The fourth-order valence-corrected chi connectivity index (χ4v) is 3.37. The van der Waals surface area contributed by atoms with Crippen molar-refractivity contribution in [2.45, 2.75) is 25.2 Å². The zero-order valence-electron chi connectivity index (χ0n) is 14.2. The number of hydrogen-bond acceptors (Lipinski definition) is 4. The number of aryl methyl sites for hydroxylation is 1. The maximum atomic E-state index is 8.69. The number of ether oxygens (including phenoxy) is 1. The van der Waals surface area contributed by atoms with Crippen molar-refractivity contribution < 1.29 is 4.74 Å². The summed E-state index contributed by atoms with van der Waals surface area (Å²) in [7, 11) is 2.02. The summed E-state index contributed by atoms with van der Waals surface area (Å²) < 4.78 is 7.84. The molecule has 1 aromatic carbocycles. The molecule has 0 unspecified atom stereocenters.